The second-order valence-corrected chi connectivity index (χ2v) is 23.4. The van der Waals surface area contributed by atoms with Gasteiger partial charge in [0.2, 0.25) is 0 Å². The number of aryl methyl sites for hydroxylation is 1. The van der Waals surface area contributed by atoms with E-state index in [1.165, 1.54) is 38.1 Å². The van der Waals surface area contributed by atoms with E-state index in [0.717, 1.165) is 30.6 Å². The second-order valence-electron chi connectivity index (χ2n) is 19.1. The Morgan fingerprint density at radius 1 is 0.875 bits per heavy atom. The van der Waals surface area contributed by atoms with Gasteiger partial charge >= 0.3 is 7.12 Å². The Balaban J connectivity index is 1.32. The van der Waals surface area contributed by atoms with Crippen LogP contribution in [0.3, 0.4) is 0 Å². The maximum absolute atomic E-state index is 7.62. The lowest BCUT2D eigenvalue weighted by molar-refractivity contribution is 0.00578. The van der Waals surface area contributed by atoms with Gasteiger partial charge < -0.3 is 23.0 Å². The summed E-state index contributed by atoms with van der Waals surface area (Å²) in [5.41, 5.74) is 6.36. The molecule has 0 spiro atoms. The minimum Gasteiger partial charge on any atom is -0.407 e. The number of aromatic nitrogens is 2. The van der Waals surface area contributed by atoms with Gasteiger partial charge in [0.05, 0.1) is 28.7 Å². The Labute approximate surface area is 337 Å². The van der Waals surface area contributed by atoms with E-state index in [9.17, 15) is 0 Å². The van der Waals surface area contributed by atoms with Crippen molar-refractivity contribution in [1.29, 1.82) is 0 Å². The zero-order valence-corrected chi connectivity index (χ0v) is 36.9. The van der Waals surface area contributed by atoms with Crippen molar-refractivity contribution in [2.45, 2.75) is 130 Å². The van der Waals surface area contributed by atoms with Gasteiger partial charge in [0.1, 0.15) is 0 Å². The molecule has 1 aliphatic carbocycles. The normalized spacial score (nSPS) is 20.1. The standard InChI is InChI=1S/C48H63BN2O4Si/c1-13-51-42-27-26-34(38-30-41(38)49-54-47(8,9)48(10,11)55-49)29-39(42)40(44(51)37-25-20-28-50-43(37)33(2)52-12)31-46(6,7)32-53-56(45(3,4)5,35-21-16-14-17-22-35)36-23-18-15-19-24-36/h14-29,33,38,41H,13,30-32H2,1-12H3/t33-,38+,41-/m0/s1. The van der Waals surface area contributed by atoms with Gasteiger partial charge in [0, 0.05) is 48.7 Å². The molecule has 8 heteroatoms. The van der Waals surface area contributed by atoms with Crippen molar-refractivity contribution in [3.05, 3.63) is 114 Å². The van der Waals surface area contributed by atoms with Gasteiger partial charge in [-0.15, -0.1) is 0 Å². The quantitative estimate of drug-likeness (QED) is 0.112. The van der Waals surface area contributed by atoms with E-state index in [2.05, 4.69) is 172 Å². The Bertz CT molecular complexity index is 2100. The van der Waals surface area contributed by atoms with Crippen molar-refractivity contribution in [1.82, 2.24) is 9.55 Å². The highest BCUT2D eigenvalue weighted by Crippen LogP contribution is 2.59. The smallest absolute Gasteiger partial charge is 0.407 e. The first-order valence-electron chi connectivity index (χ1n) is 20.7. The molecule has 296 valence electrons. The monoisotopic (exact) mass is 770 g/mol. The van der Waals surface area contributed by atoms with Crippen LogP contribution in [-0.4, -0.2) is 49.9 Å². The molecule has 5 aromatic rings. The van der Waals surface area contributed by atoms with E-state index in [1.54, 1.807) is 7.11 Å². The van der Waals surface area contributed by atoms with Crippen molar-refractivity contribution in [2.24, 2.45) is 5.41 Å². The number of hydrogen-bond donors (Lipinski definition) is 0. The molecule has 0 bridgehead atoms. The highest BCUT2D eigenvalue weighted by molar-refractivity contribution is 6.99. The highest BCUT2D eigenvalue weighted by atomic mass is 28.4. The molecule has 2 aliphatic rings. The first-order chi connectivity index (χ1) is 26.4. The third-order valence-electron chi connectivity index (χ3n) is 13.0. The predicted octanol–water partition coefficient (Wildman–Crippen LogP) is 10.5. The topological polar surface area (TPSA) is 54.7 Å². The van der Waals surface area contributed by atoms with Gasteiger partial charge in [-0.25, -0.2) is 0 Å². The zero-order chi connectivity index (χ0) is 40.3. The minimum absolute atomic E-state index is 0.108. The van der Waals surface area contributed by atoms with Crippen LogP contribution in [0.25, 0.3) is 22.2 Å². The highest BCUT2D eigenvalue weighted by Gasteiger charge is 2.60. The van der Waals surface area contributed by atoms with E-state index < -0.39 is 8.32 Å². The maximum atomic E-state index is 7.62. The third kappa shape index (κ3) is 7.26. The summed E-state index contributed by atoms with van der Waals surface area (Å²) in [4.78, 5) is 4.92. The Hall–Kier alpha value is -3.53. The zero-order valence-electron chi connectivity index (χ0n) is 35.9. The van der Waals surface area contributed by atoms with Crippen molar-refractivity contribution >= 4 is 36.7 Å². The van der Waals surface area contributed by atoms with Gasteiger partial charge in [-0.2, -0.15) is 0 Å². The first-order valence-corrected chi connectivity index (χ1v) is 22.6. The maximum Gasteiger partial charge on any atom is 0.461 e. The SMILES string of the molecule is CCn1c(-c2cccnc2[C@H](C)OC)c(CC(C)(C)CO[Si](c2ccccc2)(c2ccccc2)C(C)(C)C)c2cc([C@H]3C[C@@H]3B3OC(C)(C)C(C)(C)O3)ccc21. The lowest BCUT2D eigenvalue weighted by Crippen LogP contribution is -2.67. The summed E-state index contributed by atoms with van der Waals surface area (Å²) in [6.45, 7) is 26.2. The van der Waals surface area contributed by atoms with Crippen LogP contribution < -0.4 is 10.4 Å². The molecule has 3 heterocycles. The molecule has 2 fully saturated rings. The van der Waals surface area contributed by atoms with E-state index >= 15 is 0 Å². The molecule has 0 radical (unpaired) electrons. The molecular weight excluding hydrogens is 707 g/mol. The average molecular weight is 771 g/mol. The second kappa shape index (κ2) is 15.0. The summed E-state index contributed by atoms with van der Waals surface area (Å²) in [6.07, 6.45) is 3.62. The number of benzene rings is 3. The molecule has 1 saturated heterocycles. The van der Waals surface area contributed by atoms with Crippen LogP contribution in [-0.2, 0) is 31.4 Å². The van der Waals surface area contributed by atoms with Crippen LogP contribution in [0, 0.1) is 5.41 Å². The summed E-state index contributed by atoms with van der Waals surface area (Å²) in [7, 11) is -1.18. The van der Waals surface area contributed by atoms with E-state index in [1.807, 2.05) is 6.20 Å². The number of nitrogens with zero attached hydrogens (tertiary/aromatic N) is 2. The van der Waals surface area contributed by atoms with E-state index in [0.29, 0.717) is 18.3 Å². The van der Waals surface area contributed by atoms with Gasteiger partial charge in [0.25, 0.3) is 8.32 Å². The molecule has 2 aromatic heterocycles. The number of pyridine rings is 1. The fraction of sp³-hybridized carbons (Fsp3) is 0.479. The Morgan fingerprint density at radius 3 is 2.04 bits per heavy atom. The Kier molecular flexibility index (Phi) is 10.9. The van der Waals surface area contributed by atoms with Crippen molar-refractivity contribution in [2.75, 3.05) is 13.7 Å². The van der Waals surface area contributed by atoms with Gasteiger partial charge in [-0.05, 0) is 117 Å². The van der Waals surface area contributed by atoms with E-state index in [-0.39, 0.29) is 34.9 Å². The van der Waals surface area contributed by atoms with E-state index in [4.69, 9.17) is 23.5 Å². The fourth-order valence-electron chi connectivity index (χ4n) is 9.10. The molecule has 3 aromatic carbocycles. The first kappa shape index (κ1) is 40.7. The van der Waals surface area contributed by atoms with Gasteiger partial charge in [0.15, 0.2) is 0 Å². The summed E-state index contributed by atoms with van der Waals surface area (Å²) >= 11 is 0. The molecule has 0 amide bonds. The van der Waals surface area contributed by atoms with Crippen LogP contribution >= 0.6 is 0 Å². The molecular formula is C48H63BN2O4Si. The number of fused-ring (bicyclic) bond motifs is 1. The van der Waals surface area contributed by atoms with Gasteiger partial charge in [-0.1, -0.05) is 101 Å². The van der Waals surface area contributed by atoms with Crippen LogP contribution in [0.2, 0.25) is 10.9 Å². The molecule has 56 heavy (non-hydrogen) atoms. The molecule has 0 N–H and O–H groups in total. The number of rotatable bonds is 13. The summed E-state index contributed by atoms with van der Waals surface area (Å²) < 4.78 is 29.1. The summed E-state index contributed by atoms with van der Waals surface area (Å²) in [6, 6.07) is 33.4. The summed E-state index contributed by atoms with van der Waals surface area (Å²) in [5, 5.41) is 3.80. The lowest BCUT2D eigenvalue weighted by Gasteiger charge is -2.44. The Morgan fingerprint density at radius 2 is 1.48 bits per heavy atom. The molecule has 0 unspecified atom stereocenters. The van der Waals surface area contributed by atoms with Crippen LogP contribution in [0.4, 0.5) is 0 Å². The molecule has 1 aliphatic heterocycles. The molecule has 6 nitrogen and oxygen atoms in total. The van der Waals surface area contributed by atoms with Crippen LogP contribution in [0.1, 0.15) is 111 Å². The third-order valence-corrected chi connectivity index (χ3v) is 18.0. The number of ether oxygens (including phenoxy) is 1. The van der Waals surface area contributed by atoms with Crippen LogP contribution in [0.15, 0.2) is 97.2 Å². The van der Waals surface area contributed by atoms with Crippen molar-refractivity contribution in [3.63, 3.8) is 0 Å². The molecule has 7 rings (SSSR count). The van der Waals surface area contributed by atoms with Crippen molar-refractivity contribution < 1.29 is 18.5 Å². The van der Waals surface area contributed by atoms with Gasteiger partial charge in [-0.3, -0.25) is 4.98 Å². The molecule has 1 saturated carbocycles. The van der Waals surface area contributed by atoms with Crippen molar-refractivity contribution in [3.8, 4) is 11.3 Å². The number of methoxy groups -OCH3 is 1. The lowest BCUT2D eigenvalue weighted by atomic mass is 9.79. The predicted molar refractivity (Wildman–Crippen MR) is 235 cm³/mol. The average Bonchev–Trinajstić information content (AvgIpc) is 3.86. The molecule has 3 atom stereocenters. The minimum atomic E-state index is -2.75. The summed E-state index contributed by atoms with van der Waals surface area (Å²) in [5.74, 6) is 0.734. The number of hydrogen-bond acceptors (Lipinski definition) is 5. The largest absolute Gasteiger partial charge is 0.461 e. The van der Waals surface area contributed by atoms with Crippen LogP contribution in [0.5, 0.6) is 0 Å². The fourth-order valence-corrected chi connectivity index (χ4v) is 13.9.